The molecule has 0 fully saturated rings. The van der Waals surface area contributed by atoms with Crippen molar-refractivity contribution in [1.29, 1.82) is 0 Å². The zero-order valence-corrected chi connectivity index (χ0v) is 15.9. The first-order chi connectivity index (χ1) is 13.0. The van der Waals surface area contributed by atoms with E-state index in [0.717, 1.165) is 39.8 Å². The Hall–Kier alpha value is -2.71. The highest BCUT2D eigenvalue weighted by Gasteiger charge is 2.26. The molecule has 1 aliphatic carbocycles. The highest BCUT2D eigenvalue weighted by atomic mass is 32.1. The molecule has 8 heteroatoms. The Morgan fingerprint density at radius 3 is 2.74 bits per heavy atom. The number of benzene rings is 1. The fourth-order valence-corrected chi connectivity index (χ4v) is 5.47. The van der Waals surface area contributed by atoms with Crippen LogP contribution in [-0.2, 0) is 22.4 Å². The predicted molar refractivity (Wildman–Crippen MR) is 106 cm³/mol. The maximum absolute atomic E-state index is 12.2. The standard InChI is InChI=1S/C19H16N2O4S2/c20-17(23)16-11-5-3-7-13(11)27-18(16)21-15(22)9-25-19(24)14-8-10-4-1-2-6-12(10)26-14/h1-2,4,6,8H,3,5,7,9H2,(H2,20,23)(H,21,22). The van der Waals surface area contributed by atoms with E-state index in [1.165, 1.54) is 22.7 Å². The van der Waals surface area contributed by atoms with Crippen LogP contribution in [-0.4, -0.2) is 24.4 Å². The molecule has 0 radical (unpaired) electrons. The summed E-state index contributed by atoms with van der Waals surface area (Å²) in [6.45, 7) is -0.423. The van der Waals surface area contributed by atoms with Crippen molar-refractivity contribution in [2.75, 3.05) is 11.9 Å². The van der Waals surface area contributed by atoms with Crippen LogP contribution in [0.2, 0.25) is 0 Å². The van der Waals surface area contributed by atoms with E-state index in [1.54, 1.807) is 6.07 Å². The van der Waals surface area contributed by atoms with Crippen LogP contribution < -0.4 is 11.1 Å². The molecule has 0 bridgehead atoms. The van der Waals surface area contributed by atoms with E-state index in [1.807, 2.05) is 24.3 Å². The van der Waals surface area contributed by atoms with E-state index in [-0.39, 0.29) is 0 Å². The summed E-state index contributed by atoms with van der Waals surface area (Å²) in [7, 11) is 0. The molecule has 27 heavy (non-hydrogen) atoms. The van der Waals surface area contributed by atoms with Gasteiger partial charge in [0.2, 0.25) is 0 Å². The topological polar surface area (TPSA) is 98.5 Å². The monoisotopic (exact) mass is 400 g/mol. The molecule has 2 heterocycles. The molecular formula is C19H16N2O4S2. The average molecular weight is 400 g/mol. The summed E-state index contributed by atoms with van der Waals surface area (Å²) in [6.07, 6.45) is 2.67. The molecule has 0 spiro atoms. The van der Waals surface area contributed by atoms with Crippen molar-refractivity contribution in [2.45, 2.75) is 19.3 Å². The van der Waals surface area contributed by atoms with E-state index in [9.17, 15) is 14.4 Å². The van der Waals surface area contributed by atoms with Gasteiger partial charge in [0.1, 0.15) is 9.88 Å². The van der Waals surface area contributed by atoms with Gasteiger partial charge in [-0.05, 0) is 42.3 Å². The van der Waals surface area contributed by atoms with Crippen molar-refractivity contribution in [2.24, 2.45) is 5.73 Å². The highest BCUT2D eigenvalue weighted by Crippen LogP contribution is 2.38. The predicted octanol–water partition coefficient (Wildman–Crippen LogP) is 3.35. The van der Waals surface area contributed by atoms with Crippen LogP contribution in [0.4, 0.5) is 5.00 Å². The average Bonchev–Trinajstić information content (AvgIpc) is 3.32. The molecule has 0 saturated heterocycles. The smallest absolute Gasteiger partial charge is 0.348 e. The summed E-state index contributed by atoms with van der Waals surface area (Å²) >= 11 is 2.69. The zero-order chi connectivity index (χ0) is 19.0. The quantitative estimate of drug-likeness (QED) is 0.642. The Labute approximate surface area is 162 Å². The number of primary amides is 1. The van der Waals surface area contributed by atoms with E-state index in [4.69, 9.17) is 10.5 Å². The largest absolute Gasteiger partial charge is 0.451 e. The molecule has 4 rings (SSSR count). The van der Waals surface area contributed by atoms with Gasteiger partial charge < -0.3 is 15.8 Å². The van der Waals surface area contributed by atoms with Crippen molar-refractivity contribution in [3.8, 4) is 0 Å². The fraction of sp³-hybridized carbons (Fsp3) is 0.211. The van der Waals surface area contributed by atoms with E-state index < -0.39 is 24.4 Å². The van der Waals surface area contributed by atoms with Crippen LogP contribution in [0.1, 0.15) is 36.9 Å². The summed E-state index contributed by atoms with van der Waals surface area (Å²) in [5, 5.41) is 4.06. The molecule has 138 valence electrons. The molecule has 2 aromatic heterocycles. The van der Waals surface area contributed by atoms with Gasteiger partial charge in [-0.2, -0.15) is 0 Å². The van der Waals surface area contributed by atoms with Gasteiger partial charge in [0.15, 0.2) is 6.61 Å². The number of amides is 2. The number of carbonyl (C=O) groups is 3. The lowest BCUT2D eigenvalue weighted by atomic mass is 10.1. The summed E-state index contributed by atoms with van der Waals surface area (Å²) in [5.74, 6) is -1.59. The van der Waals surface area contributed by atoms with Gasteiger partial charge in [-0.25, -0.2) is 4.79 Å². The minimum Gasteiger partial charge on any atom is -0.451 e. The highest BCUT2D eigenvalue weighted by molar-refractivity contribution is 7.20. The molecule has 0 aliphatic heterocycles. The summed E-state index contributed by atoms with van der Waals surface area (Å²) in [5.41, 5.74) is 6.80. The van der Waals surface area contributed by atoms with Crippen LogP contribution in [0.3, 0.4) is 0 Å². The molecule has 1 aliphatic rings. The number of hydrogen-bond donors (Lipinski definition) is 2. The number of nitrogens with two attached hydrogens (primary N) is 1. The zero-order valence-electron chi connectivity index (χ0n) is 14.2. The Bertz CT molecular complexity index is 1030. The van der Waals surface area contributed by atoms with Crippen molar-refractivity contribution in [3.63, 3.8) is 0 Å². The first-order valence-corrected chi connectivity index (χ1v) is 10.1. The first kappa shape index (κ1) is 17.7. The third-order valence-corrected chi connectivity index (χ3v) is 6.69. The summed E-state index contributed by atoms with van der Waals surface area (Å²) in [6, 6.07) is 9.37. The number of carbonyl (C=O) groups excluding carboxylic acids is 3. The van der Waals surface area contributed by atoms with Crippen LogP contribution in [0, 0.1) is 0 Å². The molecule has 3 N–H and O–H groups in total. The number of aryl methyl sites for hydroxylation is 1. The second-order valence-corrected chi connectivity index (χ2v) is 8.39. The van der Waals surface area contributed by atoms with Crippen molar-refractivity contribution in [3.05, 3.63) is 51.2 Å². The van der Waals surface area contributed by atoms with E-state index in [2.05, 4.69) is 5.32 Å². The normalized spacial score (nSPS) is 12.7. The second kappa shape index (κ2) is 7.13. The minimum absolute atomic E-state index is 0.386. The van der Waals surface area contributed by atoms with Crippen molar-refractivity contribution in [1.82, 2.24) is 0 Å². The number of rotatable bonds is 5. The Kier molecular flexibility index (Phi) is 4.67. The Morgan fingerprint density at radius 1 is 1.15 bits per heavy atom. The third-order valence-electron chi connectivity index (χ3n) is 4.38. The van der Waals surface area contributed by atoms with Gasteiger partial charge in [0.05, 0.1) is 5.56 Å². The van der Waals surface area contributed by atoms with Gasteiger partial charge >= 0.3 is 5.97 Å². The lowest BCUT2D eigenvalue weighted by molar-refractivity contribution is -0.119. The molecule has 0 atom stereocenters. The van der Waals surface area contributed by atoms with Crippen molar-refractivity contribution >= 4 is 55.5 Å². The Balaban J connectivity index is 1.41. The molecule has 0 saturated carbocycles. The van der Waals surface area contributed by atoms with Gasteiger partial charge in [0, 0.05) is 9.58 Å². The van der Waals surface area contributed by atoms with Gasteiger partial charge in [-0.15, -0.1) is 22.7 Å². The van der Waals surface area contributed by atoms with Gasteiger partial charge in [-0.1, -0.05) is 18.2 Å². The molecule has 0 unspecified atom stereocenters. The number of nitrogens with one attached hydrogen (secondary N) is 1. The molecule has 1 aromatic carbocycles. The lowest BCUT2D eigenvalue weighted by Crippen LogP contribution is -2.22. The van der Waals surface area contributed by atoms with Gasteiger partial charge in [-0.3, -0.25) is 9.59 Å². The number of esters is 1. The molecule has 2 amide bonds. The SMILES string of the molecule is NC(=O)c1c(NC(=O)COC(=O)c2cc3ccccc3s2)sc2c1CCC2. The van der Waals surface area contributed by atoms with Crippen LogP contribution in [0.25, 0.3) is 10.1 Å². The lowest BCUT2D eigenvalue weighted by Gasteiger charge is -2.06. The van der Waals surface area contributed by atoms with E-state index >= 15 is 0 Å². The third kappa shape index (κ3) is 3.45. The second-order valence-electron chi connectivity index (χ2n) is 6.20. The van der Waals surface area contributed by atoms with Gasteiger partial charge in [0.25, 0.3) is 11.8 Å². The number of fused-ring (bicyclic) bond motifs is 2. The van der Waals surface area contributed by atoms with E-state index in [0.29, 0.717) is 15.4 Å². The van der Waals surface area contributed by atoms with Crippen LogP contribution in [0.15, 0.2) is 30.3 Å². The molecule has 6 nitrogen and oxygen atoms in total. The molecular weight excluding hydrogens is 384 g/mol. The molecule has 3 aromatic rings. The number of anilines is 1. The van der Waals surface area contributed by atoms with Crippen molar-refractivity contribution < 1.29 is 19.1 Å². The van der Waals surface area contributed by atoms with Crippen LogP contribution >= 0.6 is 22.7 Å². The fourth-order valence-electron chi connectivity index (χ4n) is 3.20. The maximum atomic E-state index is 12.2. The minimum atomic E-state index is -0.549. The van der Waals surface area contributed by atoms with Crippen LogP contribution in [0.5, 0.6) is 0 Å². The summed E-state index contributed by atoms with van der Waals surface area (Å²) < 4.78 is 6.10. The number of thiophene rings is 2. The maximum Gasteiger partial charge on any atom is 0.348 e. The number of ether oxygens (including phenoxy) is 1. The first-order valence-electron chi connectivity index (χ1n) is 8.43. The number of hydrogen-bond acceptors (Lipinski definition) is 6. The summed E-state index contributed by atoms with van der Waals surface area (Å²) in [4.78, 5) is 37.7. The Morgan fingerprint density at radius 2 is 1.96 bits per heavy atom.